The van der Waals surface area contributed by atoms with Gasteiger partial charge in [-0.05, 0) is 33.6 Å². The molecular weight excluding hydrogens is 210 g/mol. The fourth-order valence-corrected chi connectivity index (χ4v) is 1.59. The summed E-state index contributed by atoms with van der Waals surface area (Å²) in [5, 5.41) is 8.72. The monoisotopic (exact) mass is 229 g/mol. The average Bonchev–Trinajstić information content (AvgIpc) is 1.96. The molecule has 1 N–H and O–H groups in total. The molecule has 16 heavy (non-hydrogen) atoms. The van der Waals surface area contributed by atoms with Crippen molar-refractivity contribution in [2.45, 2.75) is 45.3 Å². The number of carboxylic acid groups (broad SMARTS) is 1. The van der Waals surface area contributed by atoms with Gasteiger partial charge in [-0.3, -0.25) is 4.79 Å². The number of carbonyl (C=O) groups is 2. The van der Waals surface area contributed by atoms with Crippen LogP contribution in [0.5, 0.6) is 0 Å². The Morgan fingerprint density at radius 1 is 1.31 bits per heavy atom. The van der Waals surface area contributed by atoms with E-state index in [1.165, 1.54) is 4.90 Å². The van der Waals surface area contributed by atoms with Crippen molar-refractivity contribution in [3.05, 3.63) is 0 Å². The van der Waals surface area contributed by atoms with E-state index < -0.39 is 11.6 Å². The molecule has 1 fully saturated rings. The summed E-state index contributed by atoms with van der Waals surface area (Å²) in [7, 11) is 1.65. The van der Waals surface area contributed by atoms with Crippen LogP contribution in [0.25, 0.3) is 0 Å². The molecule has 0 spiro atoms. The maximum Gasteiger partial charge on any atom is 0.410 e. The lowest BCUT2D eigenvalue weighted by atomic mass is 9.80. The molecule has 1 aliphatic rings. The predicted molar refractivity (Wildman–Crippen MR) is 58.1 cm³/mol. The van der Waals surface area contributed by atoms with E-state index in [-0.39, 0.29) is 18.1 Å². The Bertz CT molecular complexity index is 289. The first kappa shape index (κ1) is 12.8. The number of aliphatic carboxylic acids is 1. The van der Waals surface area contributed by atoms with Gasteiger partial charge >= 0.3 is 12.1 Å². The summed E-state index contributed by atoms with van der Waals surface area (Å²) in [6.45, 7) is 5.42. The molecule has 1 rings (SSSR count). The Hall–Kier alpha value is -1.26. The van der Waals surface area contributed by atoms with Crippen LogP contribution in [0.15, 0.2) is 0 Å². The second-order valence-corrected chi connectivity index (χ2v) is 5.25. The van der Waals surface area contributed by atoms with Crippen molar-refractivity contribution in [3.8, 4) is 0 Å². The molecule has 1 aliphatic carbocycles. The van der Waals surface area contributed by atoms with Crippen molar-refractivity contribution >= 4 is 12.1 Å². The zero-order valence-electron chi connectivity index (χ0n) is 10.2. The van der Waals surface area contributed by atoms with Crippen LogP contribution >= 0.6 is 0 Å². The van der Waals surface area contributed by atoms with Crippen LogP contribution in [0.2, 0.25) is 0 Å². The zero-order valence-corrected chi connectivity index (χ0v) is 10.2. The molecular formula is C11H19NO4. The van der Waals surface area contributed by atoms with Crippen molar-refractivity contribution < 1.29 is 19.4 Å². The smallest absolute Gasteiger partial charge is 0.410 e. The molecule has 0 heterocycles. The lowest BCUT2D eigenvalue weighted by Gasteiger charge is -2.39. The Morgan fingerprint density at radius 2 is 1.81 bits per heavy atom. The number of carbonyl (C=O) groups excluding carboxylic acids is 1. The van der Waals surface area contributed by atoms with Crippen LogP contribution in [0.1, 0.15) is 33.6 Å². The highest BCUT2D eigenvalue weighted by Gasteiger charge is 2.39. The minimum absolute atomic E-state index is 0.00375. The van der Waals surface area contributed by atoms with E-state index in [1.807, 2.05) is 0 Å². The van der Waals surface area contributed by atoms with Gasteiger partial charge in [-0.15, -0.1) is 0 Å². The number of rotatable bonds is 2. The Labute approximate surface area is 95.4 Å². The second-order valence-electron chi connectivity index (χ2n) is 5.25. The van der Waals surface area contributed by atoms with E-state index in [0.29, 0.717) is 12.8 Å². The predicted octanol–water partition coefficient (Wildman–Crippen LogP) is 1.72. The van der Waals surface area contributed by atoms with Crippen LogP contribution in [0.3, 0.4) is 0 Å². The molecule has 0 aliphatic heterocycles. The van der Waals surface area contributed by atoms with Gasteiger partial charge in [0.1, 0.15) is 5.60 Å². The highest BCUT2D eigenvalue weighted by Crippen LogP contribution is 2.31. The van der Waals surface area contributed by atoms with E-state index in [1.54, 1.807) is 27.8 Å². The van der Waals surface area contributed by atoms with Crippen LogP contribution in [0.4, 0.5) is 4.79 Å². The van der Waals surface area contributed by atoms with Gasteiger partial charge in [0.15, 0.2) is 0 Å². The lowest BCUT2D eigenvalue weighted by molar-refractivity contribution is -0.146. The molecule has 0 aromatic carbocycles. The molecule has 0 aromatic heterocycles. The normalized spacial score (nSPS) is 24.5. The topological polar surface area (TPSA) is 66.8 Å². The summed E-state index contributed by atoms with van der Waals surface area (Å²) in [4.78, 5) is 23.7. The molecule has 0 atom stereocenters. The quantitative estimate of drug-likeness (QED) is 0.782. The van der Waals surface area contributed by atoms with E-state index in [4.69, 9.17) is 9.84 Å². The Morgan fingerprint density at radius 3 is 2.19 bits per heavy atom. The first-order valence-electron chi connectivity index (χ1n) is 5.39. The van der Waals surface area contributed by atoms with Gasteiger partial charge in [-0.1, -0.05) is 0 Å². The van der Waals surface area contributed by atoms with Gasteiger partial charge in [-0.2, -0.15) is 0 Å². The Kier molecular flexibility index (Phi) is 3.45. The molecule has 1 amide bonds. The van der Waals surface area contributed by atoms with Gasteiger partial charge in [0.05, 0.1) is 5.92 Å². The standard InChI is InChI=1S/C11H19NO4/c1-11(2,3)16-10(15)12(4)8-5-7(6-8)9(13)14/h7-8H,5-6H2,1-4H3,(H,13,14)/t7-,8-. The van der Waals surface area contributed by atoms with Gasteiger partial charge in [0.25, 0.3) is 0 Å². The van der Waals surface area contributed by atoms with Crippen molar-refractivity contribution in [3.63, 3.8) is 0 Å². The van der Waals surface area contributed by atoms with Crippen molar-refractivity contribution in [1.29, 1.82) is 0 Å². The van der Waals surface area contributed by atoms with Crippen LogP contribution in [-0.4, -0.2) is 40.8 Å². The minimum Gasteiger partial charge on any atom is -0.481 e. The summed E-state index contributed by atoms with van der Waals surface area (Å²) in [6.07, 6.45) is 0.650. The molecule has 0 aromatic rings. The molecule has 0 unspecified atom stereocenters. The number of nitrogens with zero attached hydrogens (tertiary/aromatic N) is 1. The van der Waals surface area contributed by atoms with E-state index in [2.05, 4.69) is 0 Å². The minimum atomic E-state index is -0.783. The van der Waals surface area contributed by atoms with Crippen LogP contribution < -0.4 is 0 Å². The van der Waals surface area contributed by atoms with E-state index in [0.717, 1.165) is 0 Å². The maximum atomic E-state index is 11.6. The highest BCUT2D eigenvalue weighted by atomic mass is 16.6. The van der Waals surface area contributed by atoms with Crippen molar-refractivity contribution in [2.75, 3.05) is 7.05 Å². The van der Waals surface area contributed by atoms with Gasteiger partial charge in [0.2, 0.25) is 0 Å². The molecule has 1 saturated carbocycles. The largest absolute Gasteiger partial charge is 0.481 e. The number of hydrogen-bond donors (Lipinski definition) is 1. The summed E-state index contributed by atoms with van der Waals surface area (Å²) < 4.78 is 5.19. The number of ether oxygens (including phenoxy) is 1. The summed E-state index contributed by atoms with van der Waals surface area (Å²) in [6, 6.07) is -0.00375. The molecule has 92 valence electrons. The molecule has 0 bridgehead atoms. The number of amides is 1. The summed E-state index contributed by atoms with van der Waals surface area (Å²) in [5.74, 6) is -1.09. The maximum absolute atomic E-state index is 11.6. The first-order valence-corrected chi connectivity index (χ1v) is 5.39. The first-order chi connectivity index (χ1) is 7.20. The van der Waals surface area contributed by atoms with Gasteiger partial charge in [-0.25, -0.2) is 4.79 Å². The fourth-order valence-electron chi connectivity index (χ4n) is 1.59. The third-order valence-electron chi connectivity index (χ3n) is 2.69. The number of hydrogen-bond acceptors (Lipinski definition) is 3. The summed E-state index contributed by atoms with van der Waals surface area (Å²) in [5.41, 5.74) is -0.513. The lowest BCUT2D eigenvalue weighted by Crippen LogP contribution is -2.49. The second kappa shape index (κ2) is 4.31. The third kappa shape index (κ3) is 3.12. The van der Waals surface area contributed by atoms with Crippen LogP contribution in [0, 0.1) is 5.92 Å². The SMILES string of the molecule is CN(C(=O)OC(C)(C)C)[C@H]1C[C@H](C(=O)O)C1. The van der Waals surface area contributed by atoms with E-state index in [9.17, 15) is 9.59 Å². The van der Waals surface area contributed by atoms with Gasteiger partial charge in [0, 0.05) is 13.1 Å². The molecule has 5 heteroatoms. The molecule has 0 radical (unpaired) electrons. The zero-order chi connectivity index (χ0) is 12.5. The van der Waals surface area contributed by atoms with Gasteiger partial charge < -0.3 is 14.7 Å². The number of carboxylic acids is 1. The van der Waals surface area contributed by atoms with E-state index >= 15 is 0 Å². The summed E-state index contributed by atoms with van der Waals surface area (Å²) >= 11 is 0. The molecule has 5 nitrogen and oxygen atoms in total. The third-order valence-corrected chi connectivity index (χ3v) is 2.69. The molecule has 0 saturated heterocycles. The van der Waals surface area contributed by atoms with Crippen molar-refractivity contribution in [1.82, 2.24) is 4.90 Å². The average molecular weight is 229 g/mol. The highest BCUT2D eigenvalue weighted by molar-refractivity contribution is 5.73. The van der Waals surface area contributed by atoms with Crippen molar-refractivity contribution in [2.24, 2.45) is 5.92 Å². The Balaban J connectivity index is 2.40. The fraction of sp³-hybridized carbons (Fsp3) is 0.818. The van der Waals surface area contributed by atoms with Crippen LogP contribution in [-0.2, 0) is 9.53 Å².